The molecule has 0 aromatic heterocycles. The highest BCUT2D eigenvalue weighted by atomic mass is 16.2. The molecule has 0 aliphatic carbocycles. The van der Waals surface area contributed by atoms with Crippen molar-refractivity contribution in [2.75, 3.05) is 0 Å². The predicted octanol–water partition coefficient (Wildman–Crippen LogP) is 0.402. The van der Waals surface area contributed by atoms with E-state index in [2.05, 4.69) is 9.98 Å². The first-order valence-corrected chi connectivity index (χ1v) is 7.35. The molecule has 0 radical (unpaired) electrons. The average molecular weight is 342 g/mol. The van der Waals surface area contributed by atoms with Crippen LogP contribution in [0.4, 0.5) is 0 Å². The summed E-state index contributed by atoms with van der Waals surface area (Å²) in [5, 5.41) is 0. The molecule has 0 aliphatic heterocycles. The lowest BCUT2D eigenvalue weighted by molar-refractivity contribution is -0.115. The number of carbonyl (C=O) groups is 2. The van der Waals surface area contributed by atoms with Crippen molar-refractivity contribution in [1.82, 2.24) is 0 Å². The molecule has 0 spiro atoms. The first-order chi connectivity index (χ1) is 11.6. The fraction of sp³-hybridized carbons (Fsp3) is 0.176. The van der Waals surface area contributed by atoms with Gasteiger partial charge < -0.3 is 22.9 Å². The molecule has 0 heterocycles. The second kappa shape index (κ2) is 8.44. The van der Waals surface area contributed by atoms with Gasteiger partial charge in [0.2, 0.25) is 0 Å². The number of nitrogens with two attached hydrogens (primary N) is 4. The van der Waals surface area contributed by atoms with Gasteiger partial charge in [-0.1, -0.05) is 23.8 Å². The monoisotopic (exact) mass is 342 g/mol. The Morgan fingerprint density at radius 3 is 1.72 bits per heavy atom. The standard InChI is InChI=1S/C17H22N6O2/c1-9-4-5-12(7-10(2)14(24)22-16(18)19)13(6-9)8-11(3)15(25)23-17(20)21/h4-8H,1-3H3,(H4,18,19,22,24)(H4,20,21,23,25). The number of aryl methyl sites for hydroxylation is 1. The van der Waals surface area contributed by atoms with Crippen LogP contribution in [-0.2, 0) is 9.59 Å². The molecule has 8 nitrogen and oxygen atoms in total. The number of nitrogens with zero attached hydrogens (tertiary/aromatic N) is 2. The third-order valence-electron chi connectivity index (χ3n) is 3.12. The molecule has 0 saturated heterocycles. The highest BCUT2D eigenvalue weighted by Gasteiger charge is 2.08. The van der Waals surface area contributed by atoms with Crippen molar-refractivity contribution in [2.24, 2.45) is 32.9 Å². The molecule has 0 bridgehead atoms. The van der Waals surface area contributed by atoms with Crippen LogP contribution in [-0.4, -0.2) is 23.7 Å². The van der Waals surface area contributed by atoms with Crippen molar-refractivity contribution in [2.45, 2.75) is 20.8 Å². The summed E-state index contributed by atoms with van der Waals surface area (Å²) < 4.78 is 0. The van der Waals surface area contributed by atoms with Crippen LogP contribution in [0, 0.1) is 6.92 Å². The summed E-state index contributed by atoms with van der Waals surface area (Å²) in [6.45, 7) is 5.11. The maximum atomic E-state index is 11.9. The molecule has 0 saturated carbocycles. The number of amides is 2. The molecule has 1 aromatic rings. The van der Waals surface area contributed by atoms with Gasteiger partial charge in [0.25, 0.3) is 11.8 Å². The van der Waals surface area contributed by atoms with Crippen LogP contribution in [0.25, 0.3) is 12.2 Å². The minimum absolute atomic E-state index is 0.305. The smallest absolute Gasteiger partial charge is 0.275 e. The van der Waals surface area contributed by atoms with Crippen molar-refractivity contribution < 1.29 is 9.59 Å². The van der Waals surface area contributed by atoms with Crippen molar-refractivity contribution in [3.8, 4) is 0 Å². The van der Waals surface area contributed by atoms with Crippen LogP contribution in [0.5, 0.6) is 0 Å². The highest BCUT2D eigenvalue weighted by Crippen LogP contribution is 2.19. The van der Waals surface area contributed by atoms with E-state index < -0.39 is 11.8 Å². The molecule has 0 unspecified atom stereocenters. The van der Waals surface area contributed by atoms with Crippen LogP contribution in [0.15, 0.2) is 39.3 Å². The van der Waals surface area contributed by atoms with Gasteiger partial charge in [-0.25, -0.2) is 0 Å². The van der Waals surface area contributed by atoms with Crippen LogP contribution in [0.3, 0.4) is 0 Å². The summed E-state index contributed by atoms with van der Waals surface area (Å²) in [5.74, 6) is -1.69. The van der Waals surface area contributed by atoms with E-state index in [1.165, 1.54) is 0 Å². The maximum Gasteiger partial charge on any atom is 0.275 e. The van der Waals surface area contributed by atoms with Gasteiger partial charge in [0.15, 0.2) is 11.9 Å². The van der Waals surface area contributed by atoms with Crippen LogP contribution < -0.4 is 22.9 Å². The van der Waals surface area contributed by atoms with Crippen molar-refractivity contribution in [3.63, 3.8) is 0 Å². The zero-order valence-corrected chi connectivity index (χ0v) is 14.4. The molecule has 0 aliphatic rings. The fourth-order valence-corrected chi connectivity index (χ4v) is 1.95. The van der Waals surface area contributed by atoms with Gasteiger partial charge in [0.05, 0.1) is 0 Å². The Morgan fingerprint density at radius 1 is 0.840 bits per heavy atom. The molecule has 1 rings (SSSR count). The average Bonchev–Trinajstić information content (AvgIpc) is 2.48. The van der Waals surface area contributed by atoms with E-state index in [1.807, 2.05) is 25.1 Å². The Labute approximate surface area is 146 Å². The third kappa shape index (κ3) is 6.30. The zero-order valence-electron chi connectivity index (χ0n) is 14.4. The highest BCUT2D eigenvalue weighted by molar-refractivity contribution is 6.05. The quantitative estimate of drug-likeness (QED) is 0.351. The first kappa shape index (κ1) is 19.6. The molecule has 8 heteroatoms. The molecule has 8 N–H and O–H groups in total. The SMILES string of the molecule is CC(=Cc1ccc(C)cc1C=C(C)C(=O)N=C(N)N)C(=O)N=C(N)N. The van der Waals surface area contributed by atoms with Crippen molar-refractivity contribution in [1.29, 1.82) is 0 Å². The van der Waals surface area contributed by atoms with Gasteiger partial charge in [-0.05, 0) is 44.1 Å². The second-order valence-corrected chi connectivity index (χ2v) is 5.47. The maximum absolute atomic E-state index is 11.9. The van der Waals surface area contributed by atoms with Crippen LogP contribution in [0.2, 0.25) is 0 Å². The van der Waals surface area contributed by atoms with E-state index in [0.717, 1.165) is 16.7 Å². The van der Waals surface area contributed by atoms with E-state index in [1.54, 1.807) is 26.0 Å². The molecule has 25 heavy (non-hydrogen) atoms. The number of guanidine groups is 2. The summed E-state index contributed by atoms with van der Waals surface area (Å²) in [5.41, 5.74) is 24.0. The number of aliphatic imine (C=N–C) groups is 2. The van der Waals surface area contributed by atoms with Gasteiger partial charge in [0.1, 0.15) is 0 Å². The molecule has 2 amide bonds. The zero-order chi connectivity index (χ0) is 19.1. The minimum atomic E-state index is -0.538. The summed E-state index contributed by atoms with van der Waals surface area (Å²) in [6, 6.07) is 5.58. The van der Waals surface area contributed by atoms with Gasteiger partial charge in [-0.2, -0.15) is 9.98 Å². The van der Waals surface area contributed by atoms with Crippen LogP contribution in [0.1, 0.15) is 30.5 Å². The Kier molecular flexibility index (Phi) is 6.62. The van der Waals surface area contributed by atoms with E-state index in [4.69, 9.17) is 22.9 Å². The Hall–Kier alpha value is -3.42. The fourth-order valence-electron chi connectivity index (χ4n) is 1.95. The minimum Gasteiger partial charge on any atom is -0.370 e. The van der Waals surface area contributed by atoms with Gasteiger partial charge in [-0.15, -0.1) is 0 Å². The van der Waals surface area contributed by atoms with Gasteiger partial charge >= 0.3 is 0 Å². The normalized spacial score (nSPS) is 11.6. The van der Waals surface area contributed by atoms with Gasteiger partial charge in [0, 0.05) is 11.1 Å². The third-order valence-corrected chi connectivity index (χ3v) is 3.12. The van der Waals surface area contributed by atoms with E-state index in [-0.39, 0.29) is 11.9 Å². The Bertz CT molecular complexity index is 810. The van der Waals surface area contributed by atoms with Gasteiger partial charge in [-0.3, -0.25) is 9.59 Å². The van der Waals surface area contributed by atoms with Crippen LogP contribution >= 0.6 is 0 Å². The summed E-state index contributed by atoms with van der Waals surface area (Å²) in [7, 11) is 0. The first-order valence-electron chi connectivity index (χ1n) is 7.35. The lowest BCUT2D eigenvalue weighted by atomic mass is 10.00. The summed E-state index contributed by atoms with van der Waals surface area (Å²) in [4.78, 5) is 30.7. The number of hydrogen-bond donors (Lipinski definition) is 4. The predicted molar refractivity (Wildman–Crippen MR) is 100 cm³/mol. The topological polar surface area (TPSA) is 163 Å². The number of benzene rings is 1. The lowest BCUT2D eigenvalue weighted by Crippen LogP contribution is -2.24. The Balaban J connectivity index is 3.33. The lowest BCUT2D eigenvalue weighted by Gasteiger charge is -2.06. The Morgan fingerprint density at radius 2 is 1.28 bits per heavy atom. The molecular formula is C17H22N6O2. The molecular weight excluding hydrogens is 320 g/mol. The molecule has 132 valence electrons. The number of hydrogen-bond acceptors (Lipinski definition) is 2. The molecule has 0 fully saturated rings. The molecule has 0 atom stereocenters. The number of rotatable bonds is 4. The second-order valence-electron chi connectivity index (χ2n) is 5.47. The van der Waals surface area contributed by atoms with Crippen molar-refractivity contribution >= 4 is 35.9 Å². The largest absolute Gasteiger partial charge is 0.370 e. The van der Waals surface area contributed by atoms with E-state index in [9.17, 15) is 9.59 Å². The summed E-state index contributed by atoms with van der Waals surface area (Å²) in [6.07, 6.45) is 3.28. The molecule has 1 aromatic carbocycles. The summed E-state index contributed by atoms with van der Waals surface area (Å²) >= 11 is 0. The van der Waals surface area contributed by atoms with E-state index >= 15 is 0 Å². The van der Waals surface area contributed by atoms with Crippen molar-refractivity contribution in [3.05, 3.63) is 46.0 Å². The number of carbonyl (C=O) groups excluding carboxylic acids is 2. The van der Waals surface area contributed by atoms with E-state index in [0.29, 0.717) is 11.1 Å².